The first-order valence-corrected chi connectivity index (χ1v) is 10.3. The second kappa shape index (κ2) is 7.55. The second-order valence-corrected chi connectivity index (χ2v) is 8.46. The molecule has 6 heteroatoms. The maximum absolute atomic E-state index is 13.2. The zero-order valence-corrected chi connectivity index (χ0v) is 16.3. The minimum atomic E-state index is -3.75. The Balaban J connectivity index is 1.97. The number of carbonyl (C=O) groups is 1. The molecule has 0 aliphatic carbocycles. The molecule has 1 amide bonds. The summed E-state index contributed by atoms with van der Waals surface area (Å²) in [7, 11) is -3.75. The van der Waals surface area contributed by atoms with Crippen LogP contribution in [-0.4, -0.2) is 27.4 Å². The standard InChI is InChI=1S/C21H22N2O3S/c1-4-10-22-27(25,26)18-8-5-7-17(14-18)21(24)23-11-6-9-19-16(3)12-15(2)13-20(19)23/h1,5,7-8,12-14,22H,6,9-11H2,2-3H3. The maximum Gasteiger partial charge on any atom is 0.258 e. The van der Waals surface area contributed by atoms with Gasteiger partial charge in [-0.2, -0.15) is 4.72 Å². The lowest BCUT2D eigenvalue weighted by Gasteiger charge is -2.31. The van der Waals surface area contributed by atoms with E-state index in [1.165, 1.54) is 23.3 Å². The molecule has 0 spiro atoms. The number of rotatable bonds is 4. The summed E-state index contributed by atoms with van der Waals surface area (Å²) in [4.78, 5) is 14.9. The highest BCUT2D eigenvalue weighted by Crippen LogP contribution is 2.32. The van der Waals surface area contributed by atoms with Crippen LogP contribution in [0.2, 0.25) is 0 Å². The van der Waals surface area contributed by atoms with Crippen molar-refractivity contribution < 1.29 is 13.2 Å². The number of nitrogens with one attached hydrogen (secondary N) is 1. The van der Waals surface area contributed by atoms with Crippen molar-refractivity contribution in [3.05, 3.63) is 58.7 Å². The van der Waals surface area contributed by atoms with E-state index in [-0.39, 0.29) is 17.3 Å². The van der Waals surface area contributed by atoms with E-state index in [0.29, 0.717) is 12.1 Å². The van der Waals surface area contributed by atoms with Gasteiger partial charge in [-0.05, 0) is 67.6 Å². The first-order valence-electron chi connectivity index (χ1n) is 8.78. The molecule has 2 aromatic carbocycles. The normalized spacial score (nSPS) is 13.7. The van der Waals surface area contributed by atoms with Crippen LogP contribution >= 0.6 is 0 Å². The molecule has 3 rings (SSSR count). The molecule has 5 nitrogen and oxygen atoms in total. The van der Waals surface area contributed by atoms with Gasteiger partial charge in [0.25, 0.3) is 5.91 Å². The zero-order chi connectivity index (χ0) is 19.6. The third kappa shape index (κ3) is 3.90. The molecule has 0 bridgehead atoms. The van der Waals surface area contributed by atoms with Gasteiger partial charge in [0.1, 0.15) is 0 Å². The highest BCUT2D eigenvalue weighted by molar-refractivity contribution is 7.89. The number of sulfonamides is 1. The van der Waals surface area contributed by atoms with Gasteiger partial charge in [-0.15, -0.1) is 6.42 Å². The molecule has 0 saturated heterocycles. The molecule has 0 aromatic heterocycles. The van der Waals surface area contributed by atoms with Gasteiger partial charge in [0.15, 0.2) is 0 Å². The number of anilines is 1. The lowest BCUT2D eigenvalue weighted by atomic mass is 9.94. The summed E-state index contributed by atoms with van der Waals surface area (Å²) in [6.07, 6.45) is 6.94. The third-order valence-electron chi connectivity index (χ3n) is 4.69. The third-order valence-corrected chi connectivity index (χ3v) is 6.09. The first-order chi connectivity index (χ1) is 12.8. The van der Waals surface area contributed by atoms with E-state index in [0.717, 1.165) is 24.1 Å². The average Bonchev–Trinajstić information content (AvgIpc) is 2.65. The van der Waals surface area contributed by atoms with Crippen LogP contribution in [0.25, 0.3) is 0 Å². The van der Waals surface area contributed by atoms with Crippen molar-refractivity contribution in [2.45, 2.75) is 31.6 Å². The highest BCUT2D eigenvalue weighted by atomic mass is 32.2. The molecule has 140 valence electrons. The first kappa shape index (κ1) is 19.2. The minimum absolute atomic E-state index is 0.0289. The van der Waals surface area contributed by atoms with Gasteiger partial charge in [0, 0.05) is 17.8 Å². The SMILES string of the molecule is C#CCNS(=O)(=O)c1cccc(C(=O)N2CCCc3c(C)cc(C)cc32)c1. The van der Waals surface area contributed by atoms with E-state index < -0.39 is 10.0 Å². The Morgan fingerprint density at radius 3 is 2.78 bits per heavy atom. The summed E-state index contributed by atoms with van der Waals surface area (Å²) < 4.78 is 26.9. The van der Waals surface area contributed by atoms with E-state index in [1.807, 2.05) is 13.0 Å². The van der Waals surface area contributed by atoms with Crippen LogP contribution in [0.15, 0.2) is 41.3 Å². The summed E-state index contributed by atoms with van der Waals surface area (Å²) in [6, 6.07) is 10.2. The Morgan fingerprint density at radius 1 is 1.26 bits per heavy atom. The van der Waals surface area contributed by atoms with Gasteiger partial charge < -0.3 is 4.90 Å². The number of benzene rings is 2. The van der Waals surface area contributed by atoms with Crippen LogP contribution in [0.3, 0.4) is 0 Å². The summed E-state index contributed by atoms with van der Waals surface area (Å²) in [5.74, 6) is 2.04. The molecule has 1 aliphatic rings. The number of terminal acetylenes is 1. The molecular formula is C21H22N2O3S. The fraction of sp³-hybridized carbons (Fsp3) is 0.286. The maximum atomic E-state index is 13.2. The van der Waals surface area contributed by atoms with Gasteiger partial charge in [0.2, 0.25) is 10.0 Å². The molecule has 0 radical (unpaired) electrons. The average molecular weight is 382 g/mol. The lowest BCUT2D eigenvalue weighted by Crippen LogP contribution is -2.36. The minimum Gasteiger partial charge on any atom is -0.308 e. The second-order valence-electron chi connectivity index (χ2n) is 6.70. The molecular weight excluding hydrogens is 360 g/mol. The van der Waals surface area contributed by atoms with Crippen LogP contribution in [0.1, 0.15) is 33.5 Å². The van der Waals surface area contributed by atoms with E-state index >= 15 is 0 Å². The summed E-state index contributed by atoms with van der Waals surface area (Å²) in [5.41, 5.74) is 4.71. The molecule has 1 heterocycles. The smallest absolute Gasteiger partial charge is 0.258 e. The molecule has 0 saturated carbocycles. The predicted molar refractivity (Wildman–Crippen MR) is 106 cm³/mol. The largest absolute Gasteiger partial charge is 0.308 e. The molecule has 0 unspecified atom stereocenters. The van der Waals surface area contributed by atoms with Gasteiger partial charge >= 0.3 is 0 Å². The zero-order valence-electron chi connectivity index (χ0n) is 15.5. The topological polar surface area (TPSA) is 66.5 Å². The van der Waals surface area contributed by atoms with Crippen LogP contribution in [0.5, 0.6) is 0 Å². The Labute approximate surface area is 160 Å². The van der Waals surface area contributed by atoms with E-state index in [4.69, 9.17) is 6.42 Å². The summed E-state index contributed by atoms with van der Waals surface area (Å²) in [5, 5.41) is 0. The molecule has 1 aliphatic heterocycles. The van der Waals surface area contributed by atoms with E-state index in [2.05, 4.69) is 23.6 Å². The van der Waals surface area contributed by atoms with E-state index in [9.17, 15) is 13.2 Å². The molecule has 1 N–H and O–H groups in total. The van der Waals surface area contributed by atoms with E-state index in [1.54, 1.807) is 17.0 Å². The van der Waals surface area contributed by atoms with Crippen molar-refractivity contribution in [2.24, 2.45) is 0 Å². The van der Waals surface area contributed by atoms with Gasteiger partial charge in [-0.1, -0.05) is 18.1 Å². The Bertz CT molecular complexity index is 1040. The quantitative estimate of drug-likeness (QED) is 0.827. The predicted octanol–water partition coefficient (Wildman–Crippen LogP) is 2.81. The highest BCUT2D eigenvalue weighted by Gasteiger charge is 2.26. The lowest BCUT2D eigenvalue weighted by molar-refractivity contribution is 0.0985. The molecule has 2 aromatic rings. The molecule has 27 heavy (non-hydrogen) atoms. The number of hydrogen-bond acceptors (Lipinski definition) is 3. The number of aryl methyl sites for hydroxylation is 2. The van der Waals surface area contributed by atoms with Crippen molar-refractivity contribution in [3.8, 4) is 12.3 Å². The number of fused-ring (bicyclic) bond motifs is 1. The Hall–Kier alpha value is -2.62. The summed E-state index contributed by atoms with van der Waals surface area (Å²) in [6.45, 7) is 4.58. The van der Waals surface area contributed by atoms with Gasteiger partial charge in [-0.3, -0.25) is 4.79 Å². The molecule has 0 fully saturated rings. The number of carbonyl (C=O) groups excluding carboxylic acids is 1. The van der Waals surface area contributed by atoms with Crippen molar-refractivity contribution in [3.63, 3.8) is 0 Å². The van der Waals surface area contributed by atoms with Gasteiger partial charge in [-0.25, -0.2) is 8.42 Å². The fourth-order valence-corrected chi connectivity index (χ4v) is 4.44. The van der Waals surface area contributed by atoms with Crippen LogP contribution in [-0.2, 0) is 16.4 Å². The van der Waals surface area contributed by atoms with Crippen molar-refractivity contribution in [1.82, 2.24) is 4.72 Å². The van der Waals surface area contributed by atoms with Crippen LogP contribution < -0.4 is 9.62 Å². The van der Waals surface area contributed by atoms with Crippen molar-refractivity contribution in [2.75, 3.05) is 18.0 Å². The summed E-state index contributed by atoms with van der Waals surface area (Å²) >= 11 is 0. The van der Waals surface area contributed by atoms with Gasteiger partial charge in [0.05, 0.1) is 11.4 Å². The van der Waals surface area contributed by atoms with Crippen LogP contribution in [0, 0.1) is 26.2 Å². The van der Waals surface area contributed by atoms with Crippen LogP contribution in [0.4, 0.5) is 5.69 Å². The number of hydrogen-bond donors (Lipinski definition) is 1. The number of amides is 1. The van der Waals surface area contributed by atoms with Crippen molar-refractivity contribution >= 4 is 21.6 Å². The monoisotopic (exact) mass is 382 g/mol. The Kier molecular flexibility index (Phi) is 5.36. The Morgan fingerprint density at radius 2 is 2.04 bits per heavy atom. The fourth-order valence-electron chi connectivity index (χ4n) is 3.46. The number of nitrogens with zero attached hydrogens (tertiary/aromatic N) is 1. The van der Waals surface area contributed by atoms with Crippen molar-refractivity contribution in [1.29, 1.82) is 0 Å². The molecule has 0 atom stereocenters.